The first kappa shape index (κ1) is 49.9. The zero-order chi connectivity index (χ0) is 38.7. The summed E-state index contributed by atoms with van der Waals surface area (Å²) < 4.78 is 16.6. The lowest BCUT2D eigenvalue weighted by molar-refractivity contribution is -0.167. The van der Waals surface area contributed by atoms with Crippen LogP contribution in [0.4, 0.5) is 0 Å². The lowest BCUT2D eigenvalue weighted by atomic mass is 10.1. The predicted molar refractivity (Wildman–Crippen MR) is 224 cm³/mol. The minimum atomic E-state index is -0.803. The SMILES string of the molecule is CC/C=C\C/C=C\CCCCC(=O)OCC(COC(=O)CCCCCCCC/C=C\C=C/CCCCC)OC(=O)CCCCC/C=C\C=C/CCCC. The third-order valence-electron chi connectivity index (χ3n) is 8.72. The molecule has 0 aromatic carbocycles. The number of esters is 3. The topological polar surface area (TPSA) is 78.9 Å². The fourth-order valence-electron chi connectivity index (χ4n) is 5.44. The number of allylic oxidation sites excluding steroid dienone is 12. The first-order valence-corrected chi connectivity index (χ1v) is 21.5. The van der Waals surface area contributed by atoms with Gasteiger partial charge >= 0.3 is 17.9 Å². The summed E-state index contributed by atoms with van der Waals surface area (Å²) in [7, 11) is 0. The Kier molecular flexibility index (Phi) is 39.1. The molecule has 1 atom stereocenters. The highest BCUT2D eigenvalue weighted by Gasteiger charge is 2.19. The van der Waals surface area contributed by atoms with Crippen LogP contribution in [0.1, 0.15) is 188 Å². The molecule has 0 saturated heterocycles. The molecule has 0 bridgehead atoms. The zero-order valence-corrected chi connectivity index (χ0v) is 34.3. The molecule has 0 aliphatic heterocycles. The average Bonchev–Trinajstić information content (AvgIpc) is 3.15. The molecule has 0 N–H and O–H groups in total. The summed E-state index contributed by atoms with van der Waals surface area (Å²) in [4.78, 5) is 37.6. The van der Waals surface area contributed by atoms with Gasteiger partial charge in [-0.25, -0.2) is 0 Å². The van der Waals surface area contributed by atoms with Crippen molar-refractivity contribution in [2.45, 2.75) is 194 Å². The molecule has 0 aromatic heterocycles. The number of hydrogen-bond acceptors (Lipinski definition) is 6. The standard InChI is InChI=1S/C47H78O6/c1-4-7-10-13-16-19-21-22-23-24-26-28-31-34-37-40-46(49)52-43-44(42-51-45(48)39-36-33-30-27-18-15-12-9-6-3)53-47(50)41-38-35-32-29-25-20-17-14-11-8-5-2/h9,12,14,16-22,25,27,44H,4-8,10-11,13,15,23-24,26,28-43H2,1-3H3/b12-9-,17-14-,19-16-,22-21-,25-20-,27-18-. The average molecular weight is 739 g/mol. The van der Waals surface area contributed by atoms with E-state index in [4.69, 9.17) is 14.2 Å². The van der Waals surface area contributed by atoms with Crippen LogP contribution in [-0.2, 0) is 28.6 Å². The maximum absolute atomic E-state index is 12.6. The third kappa shape index (κ3) is 39.9. The van der Waals surface area contributed by atoms with Crippen LogP contribution >= 0.6 is 0 Å². The Morgan fingerprint density at radius 1 is 0.415 bits per heavy atom. The summed E-state index contributed by atoms with van der Waals surface area (Å²) in [5.41, 5.74) is 0. The summed E-state index contributed by atoms with van der Waals surface area (Å²) in [6.45, 7) is 6.33. The zero-order valence-electron chi connectivity index (χ0n) is 34.3. The number of hydrogen-bond donors (Lipinski definition) is 0. The molecule has 0 aliphatic carbocycles. The Morgan fingerprint density at radius 3 is 1.36 bits per heavy atom. The van der Waals surface area contributed by atoms with Crippen molar-refractivity contribution >= 4 is 17.9 Å². The van der Waals surface area contributed by atoms with Gasteiger partial charge in [-0.3, -0.25) is 14.4 Å². The number of carbonyl (C=O) groups excluding carboxylic acids is 3. The van der Waals surface area contributed by atoms with Gasteiger partial charge in [0.05, 0.1) is 0 Å². The largest absolute Gasteiger partial charge is 0.462 e. The van der Waals surface area contributed by atoms with Crippen molar-refractivity contribution in [3.8, 4) is 0 Å². The molecule has 302 valence electrons. The minimum Gasteiger partial charge on any atom is -0.462 e. The summed E-state index contributed by atoms with van der Waals surface area (Å²) in [6, 6.07) is 0. The van der Waals surface area contributed by atoms with Gasteiger partial charge in [-0.05, 0) is 89.9 Å². The molecule has 1 unspecified atom stereocenters. The van der Waals surface area contributed by atoms with E-state index in [1.807, 2.05) is 0 Å². The van der Waals surface area contributed by atoms with Crippen molar-refractivity contribution in [3.05, 3.63) is 72.9 Å². The second-order valence-electron chi connectivity index (χ2n) is 13.9. The minimum absolute atomic E-state index is 0.104. The maximum atomic E-state index is 12.6. The van der Waals surface area contributed by atoms with Gasteiger partial charge in [0.1, 0.15) is 13.2 Å². The molecule has 53 heavy (non-hydrogen) atoms. The van der Waals surface area contributed by atoms with Crippen molar-refractivity contribution in [2.75, 3.05) is 13.2 Å². The van der Waals surface area contributed by atoms with Crippen LogP contribution in [0.2, 0.25) is 0 Å². The van der Waals surface area contributed by atoms with Crippen LogP contribution in [-0.4, -0.2) is 37.2 Å². The number of ether oxygens (including phenoxy) is 3. The number of rotatable bonds is 37. The molecule has 0 saturated carbocycles. The quantitative estimate of drug-likeness (QED) is 0.0208. The molecule has 0 heterocycles. The Morgan fingerprint density at radius 2 is 0.811 bits per heavy atom. The maximum Gasteiger partial charge on any atom is 0.306 e. The molecule has 0 rings (SSSR count). The molecule has 6 heteroatoms. The Labute approximate surface area is 325 Å². The fraction of sp³-hybridized carbons (Fsp3) is 0.681. The van der Waals surface area contributed by atoms with Crippen LogP contribution in [0.5, 0.6) is 0 Å². The van der Waals surface area contributed by atoms with Crippen LogP contribution < -0.4 is 0 Å². The van der Waals surface area contributed by atoms with E-state index in [-0.39, 0.29) is 37.5 Å². The Balaban J connectivity index is 4.45. The first-order valence-electron chi connectivity index (χ1n) is 21.5. The first-order chi connectivity index (χ1) is 26.0. The van der Waals surface area contributed by atoms with Crippen LogP contribution in [0, 0.1) is 0 Å². The third-order valence-corrected chi connectivity index (χ3v) is 8.72. The van der Waals surface area contributed by atoms with E-state index in [1.165, 1.54) is 57.8 Å². The molecule has 0 fully saturated rings. The second kappa shape index (κ2) is 41.6. The van der Waals surface area contributed by atoms with Gasteiger partial charge in [0, 0.05) is 19.3 Å². The summed E-state index contributed by atoms with van der Waals surface area (Å²) in [5.74, 6) is -0.991. The normalized spacial score (nSPS) is 12.7. The van der Waals surface area contributed by atoms with Crippen LogP contribution in [0.15, 0.2) is 72.9 Å². The van der Waals surface area contributed by atoms with Crippen LogP contribution in [0.3, 0.4) is 0 Å². The van der Waals surface area contributed by atoms with E-state index in [0.717, 1.165) is 89.9 Å². The van der Waals surface area contributed by atoms with Gasteiger partial charge in [-0.15, -0.1) is 0 Å². The highest BCUT2D eigenvalue weighted by molar-refractivity contribution is 5.71. The number of carbonyl (C=O) groups is 3. The molecule has 0 spiro atoms. The van der Waals surface area contributed by atoms with Gasteiger partial charge < -0.3 is 14.2 Å². The molecule has 0 amide bonds. The molecule has 0 radical (unpaired) electrons. The second-order valence-corrected chi connectivity index (χ2v) is 13.9. The summed E-state index contributed by atoms with van der Waals surface area (Å²) >= 11 is 0. The summed E-state index contributed by atoms with van der Waals surface area (Å²) in [6.07, 6.45) is 50.4. The monoisotopic (exact) mass is 739 g/mol. The lowest BCUT2D eigenvalue weighted by Crippen LogP contribution is -2.30. The van der Waals surface area contributed by atoms with Crippen LogP contribution in [0.25, 0.3) is 0 Å². The van der Waals surface area contributed by atoms with Gasteiger partial charge in [0.15, 0.2) is 6.10 Å². The molecule has 0 aromatic rings. The van der Waals surface area contributed by atoms with Crippen molar-refractivity contribution in [1.82, 2.24) is 0 Å². The predicted octanol–water partition coefficient (Wildman–Crippen LogP) is 13.5. The van der Waals surface area contributed by atoms with Gasteiger partial charge in [-0.2, -0.15) is 0 Å². The van der Waals surface area contributed by atoms with Gasteiger partial charge in [0.25, 0.3) is 0 Å². The van der Waals surface area contributed by atoms with Gasteiger partial charge in [0.2, 0.25) is 0 Å². The van der Waals surface area contributed by atoms with E-state index in [9.17, 15) is 14.4 Å². The van der Waals surface area contributed by atoms with Gasteiger partial charge in [-0.1, -0.05) is 151 Å². The van der Waals surface area contributed by atoms with Crippen molar-refractivity contribution in [3.63, 3.8) is 0 Å². The molecule has 6 nitrogen and oxygen atoms in total. The molecule has 0 aliphatic rings. The highest BCUT2D eigenvalue weighted by Crippen LogP contribution is 2.12. The fourth-order valence-corrected chi connectivity index (χ4v) is 5.44. The lowest BCUT2D eigenvalue weighted by Gasteiger charge is -2.18. The van der Waals surface area contributed by atoms with E-state index in [2.05, 4.69) is 93.7 Å². The summed E-state index contributed by atoms with van der Waals surface area (Å²) in [5, 5.41) is 0. The Hall–Kier alpha value is -3.15. The molecular formula is C47H78O6. The van der Waals surface area contributed by atoms with E-state index < -0.39 is 6.10 Å². The van der Waals surface area contributed by atoms with E-state index >= 15 is 0 Å². The Bertz CT molecular complexity index is 1030. The van der Waals surface area contributed by atoms with E-state index in [0.29, 0.717) is 12.8 Å². The smallest absolute Gasteiger partial charge is 0.306 e. The number of unbranched alkanes of at least 4 members (excludes halogenated alkanes) is 16. The van der Waals surface area contributed by atoms with Crippen molar-refractivity contribution in [2.24, 2.45) is 0 Å². The molecular weight excluding hydrogens is 661 g/mol. The highest BCUT2D eigenvalue weighted by atomic mass is 16.6. The van der Waals surface area contributed by atoms with Crippen molar-refractivity contribution in [1.29, 1.82) is 0 Å². The van der Waals surface area contributed by atoms with E-state index in [1.54, 1.807) is 0 Å². The van der Waals surface area contributed by atoms with Crippen molar-refractivity contribution < 1.29 is 28.6 Å².